The third-order valence-corrected chi connectivity index (χ3v) is 4.86. The highest BCUT2D eigenvalue weighted by molar-refractivity contribution is 5.84. The van der Waals surface area contributed by atoms with Crippen LogP contribution in [0.2, 0.25) is 0 Å². The second kappa shape index (κ2) is 5.10. The fourth-order valence-corrected chi connectivity index (χ4v) is 3.60. The zero-order valence-electron chi connectivity index (χ0n) is 11.8. The number of nitrogens with zero attached hydrogens (tertiary/aromatic N) is 3. The summed E-state index contributed by atoms with van der Waals surface area (Å²) in [5.41, 5.74) is -0.892. The van der Waals surface area contributed by atoms with Crippen molar-refractivity contribution in [3.05, 3.63) is 18.1 Å². The smallest absolute Gasteiger partial charge is 0.392 e. The third-order valence-electron chi connectivity index (χ3n) is 4.86. The molecular formula is C14H16F3N3O2. The average Bonchev–Trinajstić information content (AvgIpc) is 2.44. The van der Waals surface area contributed by atoms with Crippen molar-refractivity contribution in [2.24, 2.45) is 11.3 Å². The SMILES string of the molecule is O=C(O)c1cnc(N2CCC(C(F)(F)F)C3(CCC3)C2)cn1. The molecule has 1 N–H and O–H groups in total. The van der Waals surface area contributed by atoms with Gasteiger partial charge in [0, 0.05) is 13.1 Å². The van der Waals surface area contributed by atoms with E-state index in [9.17, 15) is 18.0 Å². The third kappa shape index (κ3) is 2.50. The molecule has 120 valence electrons. The molecule has 8 heteroatoms. The van der Waals surface area contributed by atoms with Gasteiger partial charge in [-0.25, -0.2) is 14.8 Å². The minimum atomic E-state index is -4.16. The van der Waals surface area contributed by atoms with Gasteiger partial charge < -0.3 is 10.0 Å². The van der Waals surface area contributed by atoms with Gasteiger partial charge in [0.05, 0.1) is 18.3 Å². The van der Waals surface area contributed by atoms with Crippen LogP contribution in [0, 0.1) is 11.3 Å². The Labute approximate surface area is 125 Å². The average molecular weight is 315 g/mol. The van der Waals surface area contributed by atoms with E-state index in [1.807, 2.05) is 0 Å². The van der Waals surface area contributed by atoms with Crippen molar-refractivity contribution in [3.63, 3.8) is 0 Å². The summed E-state index contributed by atoms with van der Waals surface area (Å²) in [4.78, 5) is 20.4. The lowest BCUT2D eigenvalue weighted by atomic mass is 9.58. The number of alkyl halides is 3. The number of hydrogen-bond donors (Lipinski definition) is 1. The summed E-state index contributed by atoms with van der Waals surface area (Å²) in [5, 5.41) is 8.80. The Hall–Kier alpha value is -1.86. The fraction of sp³-hybridized carbons (Fsp3) is 0.643. The second-order valence-electron chi connectivity index (χ2n) is 6.09. The van der Waals surface area contributed by atoms with Gasteiger partial charge in [0.15, 0.2) is 5.69 Å². The highest BCUT2D eigenvalue weighted by Gasteiger charge is 2.58. The quantitative estimate of drug-likeness (QED) is 0.909. The fourth-order valence-electron chi connectivity index (χ4n) is 3.60. The number of piperidine rings is 1. The standard InChI is InChI=1S/C14H16F3N3O2/c15-14(16,17)10-2-5-20(8-13(10)3-1-4-13)11-7-18-9(6-19-11)12(21)22/h6-7,10H,1-5,8H2,(H,21,22). The molecule has 0 amide bonds. The van der Waals surface area contributed by atoms with Gasteiger partial charge in [0.25, 0.3) is 0 Å². The van der Waals surface area contributed by atoms with E-state index in [1.54, 1.807) is 4.90 Å². The summed E-state index contributed by atoms with van der Waals surface area (Å²) in [5.74, 6) is -1.99. The molecule has 1 aromatic heterocycles. The first-order valence-corrected chi connectivity index (χ1v) is 7.19. The van der Waals surface area contributed by atoms with Crippen molar-refractivity contribution in [2.75, 3.05) is 18.0 Å². The molecule has 5 nitrogen and oxygen atoms in total. The van der Waals surface area contributed by atoms with Crippen LogP contribution in [0.4, 0.5) is 19.0 Å². The van der Waals surface area contributed by atoms with Gasteiger partial charge in [-0.2, -0.15) is 13.2 Å². The van der Waals surface area contributed by atoms with Crippen LogP contribution >= 0.6 is 0 Å². The van der Waals surface area contributed by atoms with Gasteiger partial charge >= 0.3 is 12.1 Å². The number of aromatic carboxylic acids is 1. The van der Waals surface area contributed by atoms with Crippen LogP contribution < -0.4 is 4.90 Å². The Morgan fingerprint density at radius 3 is 2.50 bits per heavy atom. The Balaban J connectivity index is 1.79. The minimum absolute atomic E-state index is 0.0475. The first kappa shape index (κ1) is 15.1. The molecule has 1 spiro atoms. The molecule has 1 saturated carbocycles. The highest BCUT2D eigenvalue weighted by Crippen LogP contribution is 2.56. The molecule has 1 aliphatic carbocycles. The number of hydrogen-bond acceptors (Lipinski definition) is 4. The molecule has 1 aliphatic heterocycles. The molecule has 2 heterocycles. The Morgan fingerprint density at radius 2 is 2.05 bits per heavy atom. The van der Waals surface area contributed by atoms with Crippen LogP contribution in [-0.4, -0.2) is 40.3 Å². The molecule has 0 radical (unpaired) electrons. The van der Waals surface area contributed by atoms with Crippen molar-refractivity contribution in [3.8, 4) is 0 Å². The number of carbonyl (C=O) groups is 1. The van der Waals surface area contributed by atoms with Crippen molar-refractivity contribution >= 4 is 11.8 Å². The van der Waals surface area contributed by atoms with Gasteiger partial charge in [-0.15, -0.1) is 0 Å². The number of anilines is 1. The van der Waals surface area contributed by atoms with E-state index in [4.69, 9.17) is 5.11 Å². The van der Waals surface area contributed by atoms with Crippen molar-refractivity contribution in [1.29, 1.82) is 0 Å². The lowest BCUT2D eigenvalue weighted by molar-refractivity contribution is -0.225. The van der Waals surface area contributed by atoms with Crippen LogP contribution in [0.25, 0.3) is 0 Å². The molecule has 0 bridgehead atoms. The number of carboxylic acid groups (broad SMARTS) is 1. The van der Waals surface area contributed by atoms with E-state index < -0.39 is 23.5 Å². The van der Waals surface area contributed by atoms with E-state index >= 15 is 0 Å². The van der Waals surface area contributed by atoms with Gasteiger partial charge in [-0.1, -0.05) is 6.42 Å². The summed E-state index contributed by atoms with van der Waals surface area (Å²) < 4.78 is 39.7. The Kier molecular flexibility index (Phi) is 3.49. The van der Waals surface area contributed by atoms with E-state index in [2.05, 4.69) is 9.97 Å². The molecular weight excluding hydrogens is 299 g/mol. The largest absolute Gasteiger partial charge is 0.476 e. The monoisotopic (exact) mass is 315 g/mol. The molecule has 1 saturated heterocycles. The van der Waals surface area contributed by atoms with E-state index in [1.165, 1.54) is 6.20 Å². The molecule has 2 fully saturated rings. The summed E-state index contributed by atoms with van der Waals surface area (Å²) in [7, 11) is 0. The van der Waals surface area contributed by atoms with E-state index in [0.29, 0.717) is 25.2 Å². The zero-order chi connectivity index (χ0) is 16.0. The minimum Gasteiger partial charge on any atom is -0.476 e. The summed E-state index contributed by atoms with van der Waals surface area (Å²) >= 11 is 0. The van der Waals surface area contributed by atoms with Crippen LogP contribution in [-0.2, 0) is 0 Å². The Bertz CT molecular complexity index is 570. The molecule has 0 aromatic carbocycles. The molecule has 1 atom stereocenters. The number of carboxylic acids is 1. The van der Waals surface area contributed by atoms with Gasteiger partial charge in [0.1, 0.15) is 5.82 Å². The zero-order valence-corrected chi connectivity index (χ0v) is 11.8. The maximum Gasteiger partial charge on any atom is 0.392 e. The first-order chi connectivity index (χ1) is 10.3. The maximum absolute atomic E-state index is 13.2. The van der Waals surface area contributed by atoms with Crippen LogP contribution in [0.5, 0.6) is 0 Å². The second-order valence-corrected chi connectivity index (χ2v) is 6.09. The van der Waals surface area contributed by atoms with Crippen molar-refractivity contribution in [2.45, 2.75) is 31.9 Å². The van der Waals surface area contributed by atoms with Gasteiger partial charge in [-0.05, 0) is 24.7 Å². The number of aromatic nitrogens is 2. The van der Waals surface area contributed by atoms with Crippen LogP contribution in [0.1, 0.15) is 36.2 Å². The highest BCUT2D eigenvalue weighted by atomic mass is 19.4. The molecule has 2 aliphatic rings. The predicted octanol–water partition coefficient (Wildman–Crippen LogP) is 2.73. The summed E-state index contributed by atoms with van der Waals surface area (Å²) in [6.45, 7) is 0.561. The number of rotatable bonds is 2. The summed E-state index contributed by atoms with van der Waals surface area (Å²) in [6, 6.07) is 0. The molecule has 3 rings (SSSR count). The molecule has 1 aromatic rings. The van der Waals surface area contributed by atoms with Crippen molar-refractivity contribution < 1.29 is 23.1 Å². The topological polar surface area (TPSA) is 66.3 Å². The van der Waals surface area contributed by atoms with Gasteiger partial charge in [0.2, 0.25) is 0 Å². The Morgan fingerprint density at radius 1 is 1.32 bits per heavy atom. The lowest BCUT2D eigenvalue weighted by Gasteiger charge is -2.54. The lowest BCUT2D eigenvalue weighted by Crippen LogP contribution is -2.56. The maximum atomic E-state index is 13.2. The molecule has 1 unspecified atom stereocenters. The normalized spacial score (nSPS) is 24.1. The van der Waals surface area contributed by atoms with Gasteiger partial charge in [-0.3, -0.25) is 0 Å². The number of halogens is 3. The van der Waals surface area contributed by atoms with Crippen molar-refractivity contribution in [1.82, 2.24) is 9.97 Å². The van der Waals surface area contributed by atoms with Crippen LogP contribution in [0.15, 0.2) is 12.4 Å². The first-order valence-electron chi connectivity index (χ1n) is 7.19. The summed E-state index contributed by atoms with van der Waals surface area (Å²) in [6.07, 6.45) is 0.328. The van der Waals surface area contributed by atoms with Crippen LogP contribution in [0.3, 0.4) is 0 Å². The molecule has 22 heavy (non-hydrogen) atoms. The van der Waals surface area contributed by atoms with E-state index in [-0.39, 0.29) is 18.7 Å². The predicted molar refractivity (Wildman–Crippen MR) is 71.7 cm³/mol. The van der Waals surface area contributed by atoms with E-state index in [0.717, 1.165) is 12.6 Å².